The van der Waals surface area contributed by atoms with Crippen LogP contribution in [0.4, 0.5) is 13.2 Å². The topological polar surface area (TPSA) is 94.7 Å². The van der Waals surface area contributed by atoms with Crippen molar-refractivity contribution in [3.63, 3.8) is 0 Å². The minimum absolute atomic E-state index is 0.0252. The van der Waals surface area contributed by atoms with Crippen molar-refractivity contribution in [1.82, 2.24) is 10.1 Å². The number of rotatable bonds is 7. The van der Waals surface area contributed by atoms with Crippen molar-refractivity contribution in [3.8, 4) is 34.0 Å². The molecule has 3 aromatic carbocycles. The van der Waals surface area contributed by atoms with Crippen molar-refractivity contribution < 1.29 is 37.1 Å². The van der Waals surface area contributed by atoms with Gasteiger partial charge in [-0.2, -0.15) is 18.2 Å². The summed E-state index contributed by atoms with van der Waals surface area (Å²) in [4.78, 5) is 15.5. The van der Waals surface area contributed by atoms with Crippen LogP contribution < -0.4 is 9.47 Å². The zero-order chi connectivity index (χ0) is 28.9. The van der Waals surface area contributed by atoms with E-state index in [1.54, 1.807) is 42.5 Å². The smallest absolute Gasteiger partial charge is 0.417 e. The minimum Gasteiger partial charge on any atom is -0.492 e. The maximum Gasteiger partial charge on any atom is 0.417 e. The minimum atomic E-state index is -4.54. The van der Waals surface area contributed by atoms with Gasteiger partial charge in [0.05, 0.1) is 18.6 Å². The van der Waals surface area contributed by atoms with E-state index in [0.717, 1.165) is 11.6 Å². The molecule has 0 spiro atoms. The highest BCUT2D eigenvalue weighted by atomic mass is 19.4. The molecule has 212 valence electrons. The number of fused-ring (bicyclic) bond motifs is 2. The molecule has 0 radical (unpaired) electrons. The van der Waals surface area contributed by atoms with E-state index in [1.807, 2.05) is 13.8 Å². The number of aliphatic carboxylic acids is 1. The first-order chi connectivity index (χ1) is 19.6. The summed E-state index contributed by atoms with van der Waals surface area (Å²) < 4.78 is 59.8. The first kappa shape index (κ1) is 26.9. The maximum atomic E-state index is 14.2. The molecule has 0 saturated heterocycles. The summed E-state index contributed by atoms with van der Waals surface area (Å²) in [5.41, 5.74) is 2.69. The van der Waals surface area contributed by atoms with Gasteiger partial charge in [-0.15, -0.1) is 0 Å². The van der Waals surface area contributed by atoms with Gasteiger partial charge < -0.3 is 19.1 Å². The fraction of sp³-hybridized carbons (Fsp3) is 0.323. The number of aromatic nitrogens is 2. The normalized spacial score (nSPS) is 17.8. The Labute approximate surface area is 233 Å². The Morgan fingerprint density at radius 2 is 1.80 bits per heavy atom. The quantitative estimate of drug-likeness (QED) is 0.247. The van der Waals surface area contributed by atoms with E-state index in [9.17, 15) is 18.0 Å². The van der Waals surface area contributed by atoms with Gasteiger partial charge in [-0.25, -0.2) is 0 Å². The average Bonchev–Trinajstić information content (AvgIpc) is 3.67. The van der Waals surface area contributed by atoms with E-state index in [-0.39, 0.29) is 30.4 Å². The third kappa shape index (κ3) is 5.14. The van der Waals surface area contributed by atoms with E-state index in [0.29, 0.717) is 58.3 Å². The number of alkyl halides is 3. The lowest BCUT2D eigenvalue weighted by atomic mass is 9.91. The van der Waals surface area contributed by atoms with Gasteiger partial charge in [-0.05, 0) is 47.2 Å². The van der Waals surface area contributed by atoms with Gasteiger partial charge in [-0.1, -0.05) is 55.4 Å². The number of carboxylic acid groups (broad SMARTS) is 1. The SMILES string of the molecule is CC(C)c1nc(-c2ccc(-c3c(C(F)(F)F)ccc4c3CCC4Oc3ccc4c(c3)OCC4CC(=O)O)cc2)no1. The fourth-order valence-electron chi connectivity index (χ4n) is 5.60. The average molecular weight is 565 g/mol. The molecule has 4 aromatic rings. The molecule has 2 atom stereocenters. The molecular weight excluding hydrogens is 537 g/mol. The van der Waals surface area contributed by atoms with Crippen LogP contribution >= 0.6 is 0 Å². The molecule has 1 aromatic heterocycles. The Kier molecular flexibility index (Phi) is 6.71. The van der Waals surface area contributed by atoms with Gasteiger partial charge in [0.15, 0.2) is 0 Å². The molecule has 1 aliphatic carbocycles. The Morgan fingerprint density at radius 1 is 1.07 bits per heavy atom. The zero-order valence-corrected chi connectivity index (χ0v) is 22.4. The lowest BCUT2D eigenvalue weighted by Crippen LogP contribution is -2.10. The molecule has 0 amide bonds. The molecule has 0 saturated carbocycles. The van der Waals surface area contributed by atoms with Crippen LogP contribution in [0, 0.1) is 0 Å². The van der Waals surface area contributed by atoms with E-state index < -0.39 is 23.8 Å². The third-order valence-electron chi connectivity index (χ3n) is 7.59. The predicted molar refractivity (Wildman–Crippen MR) is 143 cm³/mol. The Hall–Kier alpha value is -4.34. The van der Waals surface area contributed by atoms with E-state index in [1.165, 1.54) is 6.07 Å². The summed E-state index contributed by atoms with van der Waals surface area (Å²) in [5.74, 6) is 0.904. The monoisotopic (exact) mass is 564 g/mol. The van der Waals surface area contributed by atoms with Crippen LogP contribution in [0.25, 0.3) is 22.5 Å². The summed E-state index contributed by atoms with van der Waals surface area (Å²) in [7, 11) is 0. The fourth-order valence-corrected chi connectivity index (χ4v) is 5.60. The van der Waals surface area contributed by atoms with Crippen LogP contribution in [0.5, 0.6) is 11.5 Å². The van der Waals surface area contributed by atoms with Gasteiger partial charge >= 0.3 is 12.1 Å². The second-order valence-electron chi connectivity index (χ2n) is 10.7. The molecule has 41 heavy (non-hydrogen) atoms. The molecule has 2 heterocycles. The maximum absolute atomic E-state index is 14.2. The lowest BCUT2D eigenvalue weighted by Gasteiger charge is -2.20. The van der Waals surface area contributed by atoms with Crippen molar-refractivity contribution in [2.75, 3.05) is 6.61 Å². The number of nitrogens with zero attached hydrogens (tertiary/aromatic N) is 2. The lowest BCUT2D eigenvalue weighted by molar-refractivity contribution is -0.138. The van der Waals surface area contributed by atoms with Crippen LogP contribution in [0.1, 0.15) is 72.8 Å². The molecule has 0 bridgehead atoms. The highest BCUT2D eigenvalue weighted by Crippen LogP contribution is 2.47. The van der Waals surface area contributed by atoms with Gasteiger partial charge in [0, 0.05) is 29.0 Å². The van der Waals surface area contributed by atoms with E-state index >= 15 is 0 Å². The summed E-state index contributed by atoms with van der Waals surface area (Å²) in [5, 5.41) is 13.1. The molecule has 0 fully saturated rings. The first-order valence-electron chi connectivity index (χ1n) is 13.4. The van der Waals surface area contributed by atoms with E-state index in [2.05, 4.69) is 10.1 Å². The van der Waals surface area contributed by atoms with Gasteiger partial charge in [0.1, 0.15) is 17.6 Å². The van der Waals surface area contributed by atoms with Crippen molar-refractivity contribution in [2.45, 2.75) is 57.2 Å². The predicted octanol–water partition coefficient (Wildman–Crippen LogP) is 7.56. The number of hydrogen-bond acceptors (Lipinski definition) is 6. The molecular formula is C31H27F3N2O5. The van der Waals surface area contributed by atoms with Crippen molar-refractivity contribution in [2.24, 2.45) is 0 Å². The van der Waals surface area contributed by atoms with Gasteiger partial charge in [0.2, 0.25) is 11.7 Å². The number of carbonyl (C=O) groups is 1. The van der Waals surface area contributed by atoms with Gasteiger partial charge in [0.25, 0.3) is 0 Å². The summed E-state index contributed by atoms with van der Waals surface area (Å²) in [6.45, 7) is 4.15. The van der Waals surface area contributed by atoms with Crippen LogP contribution in [-0.2, 0) is 17.4 Å². The molecule has 7 nitrogen and oxygen atoms in total. The molecule has 1 N–H and O–H groups in total. The number of ether oxygens (including phenoxy) is 2. The number of halogens is 3. The third-order valence-corrected chi connectivity index (χ3v) is 7.59. The van der Waals surface area contributed by atoms with Crippen LogP contribution in [0.2, 0.25) is 0 Å². The highest BCUT2D eigenvalue weighted by molar-refractivity contribution is 5.76. The van der Waals surface area contributed by atoms with Crippen LogP contribution in [0.3, 0.4) is 0 Å². The molecule has 6 rings (SSSR count). The summed E-state index contributed by atoms with van der Waals surface area (Å²) in [6.07, 6.45) is -4.06. The second kappa shape index (κ2) is 10.2. The van der Waals surface area contributed by atoms with Crippen molar-refractivity contribution in [1.29, 1.82) is 0 Å². The standard InChI is InChI=1S/C31H27F3N2O5/c1-16(2)30-35-29(36-41-30)18-5-3-17(4-6-18)28-23-10-12-25(22(23)9-11-24(28)31(32,33)34)40-20-7-8-21-19(13-27(37)38)15-39-26(21)14-20/h3-9,11,14,16,19,25H,10,12-13,15H2,1-2H3,(H,37,38). The molecule has 2 unspecified atom stereocenters. The summed E-state index contributed by atoms with van der Waals surface area (Å²) in [6, 6.07) is 14.6. The second-order valence-corrected chi connectivity index (χ2v) is 10.7. The Bertz CT molecular complexity index is 1610. The Morgan fingerprint density at radius 3 is 2.49 bits per heavy atom. The van der Waals surface area contributed by atoms with Crippen molar-refractivity contribution in [3.05, 3.63) is 82.7 Å². The van der Waals surface area contributed by atoms with Crippen LogP contribution in [-0.4, -0.2) is 27.8 Å². The van der Waals surface area contributed by atoms with E-state index in [4.69, 9.17) is 19.1 Å². The van der Waals surface area contributed by atoms with Gasteiger partial charge in [-0.3, -0.25) is 4.79 Å². The highest BCUT2D eigenvalue weighted by Gasteiger charge is 2.38. The summed E-state index contributed by atoms with van der Waals surface area (Å²) >= 11 is 0. The number of benzene rings is 3. The number of carboxylic acids is 1. The largest absolute Gasteiger partial charge is 0.492 e. The molecule has 10 heteroatoms. The Balaban J connectivity index is 1.30. The molecule has 2 aliphatic rings. The number of hydrogen-bond donors (Lipinski definition) is 1. The first-order valence-corrected chi connectivity index (χ1v) is 13.4. The van der Waals surface area contributed by atoms with Crippen LogP contribution in [0.15, 0.2) is 59.1 Å². The zero-order valence-electron chi connectivity index (χ0n) is 22.4. The van der Waals surface area contributed by atoms with Crippen molar-refractivity contribution >= 4 is 5.97 Å². The molecule has 1 aliphatic heterocycles.